The van der Waals surface area contributed by atoms with E-state index in [1.54, 1.807) is 37.3 Å². The highest BCUT2D eigenvalue weighted by Crippen LogP contribution is 2.74. The summed E-state index contributed by atoms with van der Waals surface area (Å²) >= 11 is 0. The zero-order valence-corrected chi connectivity index (χ0v) is 10.8. The van der Waals surface area contributed by atoms with Crippen molar-refractivity contribution in [3.63, 3.8) is 0 Å². The predicted molar refractivity (Wildman–Crippen MR) is 67.5 cm³/mol. The van der Waals surface area contributed by atoms with Crippen LogP contribution >= 0.6 is 0 Å². The molecule has 2 atom stereocenters. The fourth-order valence-electron chi connectivity index (χ4n) is 2.67. The van der Waals surface area contributed by atoms with Gasteiger partial charge in [-0.2, -0.15) is 15.8 Å². The first kappa shape index (κ1) is 13.6. The van der Waals surface area contributed by atoms with Gasteiger partial charge in [-0.15, -0.1) is 0 Å². The lowest BCUT2D eigenvalue weighted by Gasteiger charge is -2.07. The highest BCUT2D eigenvalue weighted by atomic mass is 16.5. The molecule has 1 aromatic rings. The smallest absolute Gasteiger partial charge is 0.330 e. The number of nitriles is 3. The summed E-state index contributed by atoms with van der Waals surface area (Å²) in [6.45, 7) is 1.71. The van der Waals surface area contributed by atoms with Gasteiger partial charge in [-0.05, 0) is 12.5 Å². The molecule has 1 aromatic carbocycles. The molecule has 0 aromatic heterocycles. The van der Waals surface area contributed by atoms with Crippen LogP contribution in [0.15, 0.2) is 30.3 Å². The van der Waals surface area contributed by atoms with Gasteiger partial charge in [-0.3, -0.25) is 4.79 Å². The summed E-state index contributed by atoms with van der Waals surface area (Å²) in [5.74, 6) is -1.59. The monoisotopic (exact) mass is 265 g/mol. The van der Waals surface area contributed by atoms with E-state index in [-0.39, 0.29) is 6.61 Å². The van der Waals surface area contributed by atoms with E-state index in [1.807, 2.05) is 18.2 Å². The molecule has 1 saturated carbocycles. The van der Waals surface area contributed by atoms with Gasteiger partial charge in [0.1, 0.15) is 0 Å². The van der Waals surface area contributed by atoms with Gasteiger partial charge >= 0.3 is 5.97 Å². The van der Waals surface area contributed by atoms with Gasteiger partial charge in [0.15, 0.2) is 10.8 Å². The minimum atomic E-state index is -1.74. The summed E-state index contributed by atoms with van der Waals surface area (Å²) in [7, 11) is 0. The zero-order chi connectivity index (χ0) is 14.8. The van der Waals surface area contributed by atoms with Crippen LogP contribution in [0.3, 0.4) is 0 Å². The first-order chi connectivity index (χ1) is 9.64. The summed E-state index contributed by atoms with van der Waals surface area (Å²) in [5, 5.41) is 28.1. The molecule has 20 heavy (non-hydrogen) atoms. The molecule has 0 aliphatic heterocycles. The number of esters is 1. The van der Waals surface area contributed by atoms with Crippen molar-refractivity contribution in [3.8, 4) is 18.2 Å². The lowest BCUT2D eigenvalue weighted by molar-refractivity contribution is -0.148. The third kappa shape index (κ3) is 1.43. The number of benzene rings is 1. The molecule has 0 unspecified atom stereocenters. The van der Waals surface area contributed by atoms with Crippen molar-refractivity contribution in [2.45, 2.75) is 12.8 Å². The summed E-state index contributed by atoms with van der Waals surface area (Å²) in [4.78, 5) is 12.1. The molecule has 5 nitrogen and oxygen atoms in total. The number of carbonyl (C=O) groups is 1. The molecule has 0 spiro atoms. The molecular formula is C15H11N3O2. The maximum atomic E-state index is 12.1. The van der Waals surface area contributed by atoms with E-state index in [1.165, 1.54) is 0 Å². The first-order valence-electron chi connectivity index (χ1n) is 6.10. The number of carbonyl (C=O) groups excluding carboxylic acids is 1. The molecule has 0 N–H and O–H groups in total. The number of rotatable bonds is 3. The number of hydrogen-bond acceptors (Lipinski definition) is 5. The average molecular weight is 265 g/mol. The van der Waals surface area contributed by atoms with Crippen molar-refractivity contribution >= 4 is 5.97 Å². The van der Waals surface area contributed by atoms with E-state index in [9.17, 15) is 20.6 Å². The molecule has 1 aliphatic carbocycles. The second-order valence-corrected chi connectivity index (χ2v) is 4.52. The Morgan fingerprint density at radius 2 is 1.80 bits per heavy atom. The Hall–Kier alpha value is -2.84. The Morgan fingerprint density at radius 3 is 2.25 bits per heavy atom. The van der Waals surface area contributed by atoms with E-state index >= 15 is 0 Å². The zero-order valence-electron chi connectivity index (χ0n) is 10.8. The normalized spacial score (nSPS) is 25.6. The standard InChI is InChI=1S/C15H11N3O2/c1-2-20-13(19)15(10-18)12(14(15,8-16)9-17)11-6-4-3-5-7-11/h3-7,12H,2H2,1H3/t12-,15-/m0/s1. The quantitative estimate of drug-likeness (QED) is 0.777. The van der Waals surface area contributed by atoms with E-state index in [2.05, 4.69) is 0 Å². The third-order valence-electron chi connectivity index (χ3n) is 3.66. The Labute approximate surface area is 116 Å². The number of nitrogens with zero attached hydrogens (tertiary/aromatic N) is 3. The van der Waals surface area contributed by atoms with Crippen LogP contribution in [-0.2, 0) is 9.53 Å². The minimum absolute atomic E-state index is 0.0940. The van der Waals surface area contributed by atoms with Crippen LogP contribution in [0.5, 0.6) is 0 Å². The topological polar surface area (TPSA) is 97.7 Å². The fraction of sp³-hybridized carbons (Fsp3) is 0.333. The summed E-state index contributed by atoms with van der Waals surface area (Å²) in [6.07, 6.45) is 0. The predicted octanol–water partition coefficient (Wildman–Crippen LogP) is 1.89. The van der Waals surface area contributed by atoms with Crippen LogP contribution in [0.1, 0.15) is 18.4 Å². The summed E-state index contributed by atoms with van der Waals surface area (Å²) in [5.41, 5.74) is -2.81. The second kappa shape index (κ2) is 4.68. The van der Waals surface area contributed by atoms with E-state index in [0.717, 1.165) is 0 Å². The van der Waals surface area contributed by atoms with Crippen molar-refractivity contribution in [2.24, 2.45) is 10.8 Å². The van der Waals surface area contributed by atoms with Gasteiger partial charge in [0.05, 0.1) is 30.7 Å². The largest absolute Gasteiger partial charge is 0.465 e. The molecule has 0 heterocycles. The molecular weight excluding hydrogens is 254 g/mol. The Balaban J connectivity index is 2.58. The fourth-order valence-corrected chi connectivity index (χ4v) is 2.67. The molecule has 5 heteroatoms. The molecule has 0 radical (unpaired) electrons. The van der Waals surface area contributed by atoms with Crippen LogP contribution in [0.25, 0.3) is 0 Å². The van der Waals surface area contributed by atoms with Crippen LogP contribution in [0.4, 0.5) is 0 Å². The Bertz CT molecular complexity index is 649. The molecule has 0 amide bonds. The highest BCUT2D eigenvalue weighted by Gasteiger charge is 2.85. The van der Waals surface area contributed by atoms with Gasteiger partial charge in [0, 0.05) is 0 Å². The van der Waals surface area contributed by atoms with Gasteiger partial charge in [0.2, 0.25) is 0 Å². The molecule has 2 rings (SSSR count). The highest BCUT2D eigenvalue weighted by molar-refractivity contribution is 5.91. The Morgan fingerprint density at radius 1 is 1.20 bits per heavy atom. The number of hydrogen-bond donors (Lipinski definition) is 0. The molecule has 1 fully saturated rings. The summed E-state index contributed by atoms with van der Waals surface area (Å²) < 4.78 is 4.91. The van der Waals surface area contributed by atoms with Gasteiger partial charge < -0.3 is 4.74 Å². The first-order valence-corrected chi connectivity index (χ1v) is 6.10. The number of ether oxygens (including phenoxy) is 1. The molecule has 1 aliphatic rings. The van der Waals surface area contributed by atoms with Crippen LogP contribution in [0.2, 0.25) is 0 Å². The van der Waals surface area contributed by atoms with Crippen LogP contribution in [0, 0.1) is 44.8 Å². The lowest BCUT2D eigenvalue weighted by Crippen LogP contribution is -2.24. The Kier molecular flexibility index (Phi) is 3.18. The third-order valence-corrected chi connectivity index (χ3v) is 3.66. The van der Waals surface area contributed by atoms with E-state index in [4.69, 9.17) is 4.74 Å². The molecule has 98 valence electrons. The van der Waals surface area contributed by atoms with E-state index < -0.39 is 22.7 Å². The van der Waals surface area contributed by atoms with Crippen molar-refractivity contribution in [2.75, 3.05) is 6.61 Å². The minimum Gasteiger partial charge on any atom is -0.465 e. The van der Waals surface area contributed by atoms with Crippen molar-refractivity contribution < 1.29 is 9.53 Å². The van der Waals surface area contributed by atoms with Gasteiger partial charge in [-0.1, -0.05) is 30.3 Å². The van der Waals surface area contributed by atoms with Crippen molar-refractivity contribution in [1.82, 2.24) is 0 Å². The van der Waals surface area contributed by atoms with Crippen LogP contribution in [-0.4, -0.2) is 12.6 Å². The summed E-state index contributed by atoms with van der Waals surface area (Å²) in [6, 6.07) is 14.2. The van der Waals surface area contributed by atoms with Crippen molar-refractivity contribution in [3.05, 3.63) is 35.9 Å². The maximum absolute atomic E-state index is 12.1. The maximum Gasteiger partial charge on any atom is 0.330 e. The van der Waals surface area contributed by atoms with E-state index in [0.29, 0.717) is 5.56 Å². The van der Waals surface area contributed by atoms with Gasteiger partial charge in [-0.25, -0.2) is 0 Å². The second-order valence-electron chi connectivity index (χ2n) is 4.52. The average Bonchev–Trinajstić information content (AvgIpc) is 3.12. The van der Waals surface area contributed by atoms with Crippen LogP contribution < -0.4 is 0 Å². The molecule has 0 saturated heterocycles. The SMILES string of the molecule is CCOC(=O)[C@]1(C#N)[C@@H](c2ccccc2)C1(C#N)C#N. The molecule has 0 bridgehead atoms. The lowest BCUT2D eigenvalue weighted by atomic mass is 9.97. The van der Waals surface area contributed by atoms with Crippen molar-refractivity contribution in [1.29, 1.82) is 15.8 Å². The van der Waals surface area contributed by atoms with Gasteiger partial charge in [0.25, 0.3) is 0 Å².